The van der Waals surface area contributed by atoms with Crippen LogP contribution in [0.1, 0.15) is 28.4 Å². The fourth-order valence-electron chi connectivity index (χ4n) is 3.33. The molecule has 0 fully saturated rings. The van der Waals surface area contributed by atoms with Crippen molar-refractivity contribution in [3.05, 3.63) is 89.5 Å². The van der Waals surface area contributed by atoms with Crippen molar-refractivity contribution in [1.82, 2.24) is 0 Å². The van der Waals surface area contributed by atoms with Crippen LogP contribution in [-0.4, -0.2) is 31.2 Å². The van der Waals surface area contributed by atoms with Crippen molar-refractivity contribution in [1.29, 1.82) is 0 Å². The smallest absolute Gasteiger partial charge is 0.339 e. The molecule has 0 bridgehead atoms. The first kappa shape index (κ1) is 20.5. The molecule has 158 valence electrons. The zero-order valence-corrected chi connectivity index (χ0v) is 17.2. The van der Waals surface area contributed by atoms with E-state index in [1.54, 1.807) is 37.3 Å². The molecule has 4 rings (SSSR count). The highest BCUT2D eigenvalue weighted by atomic mass is 16.6. The highest BCUT2D eigenvalue weighted by Gasteiger charge is 2.21. The van der Waals surface area contributed by atoms with Crippen LogP contribution in [0.4, 0.5) is 5.69 Å². The van der Waals surface area contributed by atoms with Crippen molar-refractivity contribution in [2.24, 2.45) is 0 Å². The van der Waals surface area contributed by atoms with E-state index in [9.17, 15) is 9.59 Å². The Morgan fingerprint density at radius 2 is 1.65 bits per heavy atom. The molecule has 0 aromatic heterocycles. The molecule has 1 aliphatic rings. The number of hydrogen-bond donors (Lipinski definition) is 1. The fraction of sp³-hybridized carbons (Fsp3) is 0.200. The molecule has 1 heterocycles. The summed E-state index contributed by atoms with van der Waals surface area (Å²) in [6.07, 6.45) is -0.366. The summed E-state index contributed by atoms with van der Waals surface area (Å²) in [6, 6.07) is 22.3. The molecule has 0 aliphatic carbocycles. The Morgan fingerprint density at radius 3 is 2.45 bits per heavy atom. The van der Waals surface area contributed by atoms with Crippen molar-refractivity contribution < 1.29 is 23.8 Å². The fourth-order valence-corrected chi connectivity index (χ4v) is 3.33. The van der Waals surface area contributed by atoms with Gasteiger partial charge in [0.2, 0.25) is 0 Å². The standard InChI is InChI=1S/C25H23NO5/c1-17(24(27)26-20-11-12-22-23(16-20)30-14-13-29-22)31-25(28)21-10-6-5-9-19(21)15-18-7-3-2-4-8-18/h2-12,16-17H,13-15H2,1H3,(H,26,27). The van der Waals surface area contributed by atoms with Crippen LogP contribution in [-0.2, 0) is 16.0 Å². The van der Waals surface area contributed by atoms with Gasteiger partial charge >= 0.3 is 5.97 Å². The predicted molar refractivity (Wildman–Crippen MR) is 117 cm³/mol. The van der Waals surface area contributed by atoms with Gasteiger partial charge in [-0.15, -0.1) is 0 Å². The van der Waals surface area contributed by atoms with Gasteiger partial charge in [-0.3, -0.25) is 4.79 Å². The van der Waals surface area contributed by atoms with Crippen molar-refractivity contribution >= 4 is 17.6 Å². The second-order valence-corrected chi connectivity index (χ2v) is 7.21. The molecule has 0 saturated carbocycles. The Kier molecular flexibility index (Phi) is 6.17. The van der Waals surface area contributed by atoms with E-state index in [1.165, 1.54) is 0 Å². The number of nitrogens with one attached hydrogen (secondary N) is 1. The summed E-state index contributed by atoms with van der Waals surface area (Å²) in [4.78, 5) is 25.3. The minimum atomic E-state index is -0.967. The molecule has 1 atom stereocenters. The van der Waals surface area contributed by atoms with Gasteiger partial charge in [-0.2, -0.15) is 0 Å². The molecule has 1 amide bonds. The Hall–Kier alpha value is -3.80. The second kappa shape index (κ2) is 9.34. The maximum Gasteiger partial charge on any atom is 0.339 e. The van der Waals surface area contributed by atoms with Crippen LogP contribution in [0.25, 0.3) is 0 Å². The summed E-state index contributed by atoms with van der Waals surface area (Å²) in [5.41, 5.74) is 2.93. The van der Waals surface area contributed by atoms with E-state index >= 15 is 0 Å². The lowest BCUT2D eigenvalue weighted by molar-refractivity contribution is -0.123. The summed E-state index contributed by atoms with van der Waals surface area (Å²) in [5, 5.41) is 2.75. The van der Waals surface area contributed by atoms with E-state index in [0.717, 1.165) is 11.1 Å². The largest absolute Gasteiger partial charge is 0.486 e. The molecule has 3 aromatic carbocycles. The molecule has 1 aliphatic heterocycles. The highest BCUT2D eigenvalue weighted by molar-refractivity contribution is 5.98. The minimum Gasteiger partial charge on any atom is -0.486 e. The first-order chi connectivity index (χ1) is 15.1. The maximum absolute atomic E-state index is 12.8. The van der Waals surface area contributed by atoms with E-state index in [4.69, 9.17) is 14.2 Å². The van der Waals surface area contributed by atoms with E-state index < -0.39 is 18.0 Å². The summed E-state index contributed by atoms with van der Waals surface area (Å²) >= 11 is 0. The summed E-state index contributed by atoms with van der Waals surface area (Å²) in [6.45, 7) is 2.50. The summed E-state index contributed by atoms with van der Waals surface area (Å²) in [5.74, 6) is 0.254. The zero-order valence-electron chi connectivity index (χ0n) is 17.2. The first-order valence-electron chi connectivity index (χ1n) is 10.1. The number of fused-ring (bicyclic) bond motifs is 1. The molecule has 3 aromatic rings. The normalized spacial score (nSPS) is 13.2. The molecular formula is C25H23NO5. The first-order valence-corrected chi connectivity index (χ1v) is 10.1. The molecule has 1 unspecified atom stereocenters. The van der Waals surface area contributed by atoms with Gasteiger partial charge in [0.05, 0.1) is 5.56 Å². The van der Waals surface area contributed by atoms with Crippen molar-refractivity contribution in [2.45, 2.75) is 19.4 Å². The Bertz CT molecular complexity index is 1080. The quantitative estimate of drug-likeness (QED) is 0.608. The molecule has 1 N–H and O–H groups in total. The number of carbonyl (C=O) groups is 2. The van der Waals surface area contributed by atoms with Gasteiger partial charge in [-0.25, -0.2) is 4.79 Å². The van der Waals surface area contributed by atoms with Crippen LogP contribution in [0.5, 0.6) is 11.5 Å². The van der Waals surface area contributed by atoms with Gasteiger partial charge in [-0.1, -0.05) is 48.5 Å². The SMILES string of the molecule is CC(OC(=O)c1ccccc1Cc1ccccc1)C(=O)Nc1ccc2c(c1)OCCO2. The minimum absolute atomic E-state index is 0.425. The lowest BCUT2D eigenvalue weighted by atomic mass is 10.00. The van der Waals surface area contributed by atoms with Gasteiger partial charge < -0.3 is 19.5 Å². The van der Waals surface area contributed by atoms with Crippen LogP contribution < -0.4 is 14.8 Å². The van der Waals surface area contributed by atoms with Gasteiger partial charge in [0, 0.05) is 11.8 Å². The van der Waals surface area contributed by atoms with Gasteiger partial charge in [-0.05, 0) is 42.7 Å². The van der Waals surface area contributed by atoms with Crippen LogP contribution in [0.2, 0.25) is 0 Å². The lowest BCUT2D eigenvalue weighted by Crippen LogP contribution is -2.30. The topological polar surface area (TPSA) is 73.9 Å². The molecule has 0 spiro atoms. The van der Waals surface area contributed by atoms with E-state index in [1.807, 2.05) is 42.5 Å². The van der Waals surface area contributed by atoms with E-state index in [2.05, 4.69) is 5.32 Å². The van der Waals surface area contributed by atoms with Crippen molar-refractivity contribution in [3.8, 4) is 11.5 Å². The third kappa shape index (κ3) is 5.04. The Morgan fingerprint density at radius 1 is 0.935 bits per heavy atom. The molecular weight excluding hydrogens is 394 g/mol. The van der Waals surface area contributed by atoms with Crippen molar-refractivity contribution in [2.75, 3.05) is 18.5 Å². The van der Waals surface area contributed by atoms with Gasteiger partial charge in [0.25, 0.3) is 5.91 Å². The maximum atomic E-state index is 12.8. The van der Waals surface area contributed by atoms with E-state index in [-0.39, 0.29) is 0 Å². The third-order valence-corrected chi connectivity index (χ3v) is 4.94. The predicted octanol–water partition coefficient (Wildman–Crippen LogP) is 4.23. The molecule has 31 heavy (non-hydrogen) atoms. The van der Waals surface area contributed by atoms with Crippen LogP contribution in [0.3, 0.4) is 0 Å². The van der Waals surface area contributed by atoms with Crippen LogP contribution in [0, 0.1) is 0 Å². The molecule has 0 saturated heterocycles. The molecule has 0 radical (unpaired) electrons. The summed E-state index contributed by atoms with van der Waals surface area (Å²) in [7, 11) is 0. The number of amides is 1. The third-order valence-electron chi connectivity index (χ3n) is 4.94. The van der Waals surface area contributed by atoms with Gasteiger partial charge in [0.1, 0.15) is 13.2 Å². The number of anilines is 1. The van der Waals surface area contributed by atoms with Crippen LogP contribution in [0.15, 0.2) is 72.8 Å². The molecule has 6 nitrogen and oxygen atoms in total. The lowest BCUT2D eigenvalue weighted by Gasteiger charge is -2.19. The monoisotopic (exact) mass is 417 g/mol. The second-order valence-electron chi connectivity index (χ2n) is 7.21. The van der Waals surface area contributed by atoms with Gasteiger partial charge in [0.15, 0.2) is 17.6 Å². The molecule has 6 heteroatoms. The van der Waals surface area contributed by atoms with Crippen molar-refractivity contribution in [3.63, 3.8) is 0 Å². The number of esters is 1. The average Bonchev–Trinajstić information content (AvgIpc) is 2.80. The Balaban J connectivity index is 1.41. The van der Waals surface area contributed by atoms with E-state index in [0.29, 0.717) is 42.4 Å². The van der Waals surface area contributed by atoms with Crippen LogP contribution >= 0.6 is 0 Å². The Labute approximate surface area is 180 Å². The number of hydrogen-bond acceptors (Lipinski definition) is 5. The number of rotatable bonds is 6. The number of carbonyl (C=O) groups excluding carboxylic acids is 2. The zero-order chi connectivity index (χ0) is 21.6. The highest BCUT2D eigenvalue weighted by Crippen LogP contribution is 2.32. The average molecular weight is 417 g/mol. The number of benzene rings is 3. The number of ether oxygens (including phenoxy) is 3. The summed E-state index contributed by atoms with van der Waals surface area (Å²) < 4.78 is 16.5.